The number of benzene rings is 2. The highest BCUT2D eigenvalue weighted by atomic mass is 127. The van der Waals surface area contributed by atoms with Gasteiger partial charge in [0.1, 0.15) is 11.5 Å². The normalized spacial score (nSPS) is 9.48. The highest BCUT2D eigenvalue weighted by Gasteiger charge is 2.03. The van der Waals surface area contributed by atoms with Crippen molar-refractivity contribution in [3.05, 3.63) is 56.2 Å². The van der Waals surface area contributed by atoms with Gasteiger partial charge in [0.2, 0.25) is 0 Å². The smallest absolute Gasteiger partial charge is 0.153 e. The van der Waals surface area contributed by atoms with Gasteiger partial charge in [-0.1, -0.05) is 12.1 Å². The Balaban J connectivity index is 0.000000211. The molecule has 0 atom stereocenters. The van der Waals surface area contributed by atoms with Gasteiger partial charge in [0.05, 0.1) is 11.1 Å². The van der Waals surface area contributed by atoms with Gasteiger partial charge in [-0.15, -0.1) is 0 Å². The summed E-state index contributed by atoms with van der Waals surface area (Å²) in [6, 6.07) is 8.54. The molecule has 2 N–H and O–H groups in total. The number of halogens is 1. The third-order valence-corrected chi connectivity index (χ3v) is 3.44. The molecule has 0 heterocycles. The first kappa shape index (κ1) is 17.2. The Kier molecular flexibility index (Phi) is 6.36. The molecule has 0 aromatic heterocycles. The van der Waals surface area contributed by atoms with Crippen LogP contribution in [-0.2, 0) is 0 Å². The standard InChI is InChI=1S/C8H7IO2.C8H8O2/c1-5-2-7(9)3-6(4-10)8(5)11;1-6-3-2-4-7(5-9)8(6)10/h2-4,11H,1H3;2-5,10H,1H3. The lowest BCUT2D eigenvalue weighted by Gasteiger charge is -2.01. The van der Waals surface area contributed by atoms with E-state index in [0.717, 1.165) is 14.7 Å². The van der Waals surface area contributed by atoms with Crippen molar-refractivity contribution in [2.75, 3.05) is 0 Å². The van der Waals surface area contributed by atoms with E-state index in [0.29, 0.717) is 23.7 Å². The van der Waals surface area contributed by atoms with Gasteiger partial charge in [0.25, 0.3) is 0 Å². The minimum Gasteiger partial charge on any atom is -0.507 e. The first-order chi connectivity index (χ1) is 9.90. The molecule has 0 radical (unpaired) electrons. The van der Waals surface area contributed by atoms with Crippen LogP contribution in [0, 0.1) is 17.4 Å². The monoisotopic (exact) mass is 398 g/mol. The number of phenols is 2. The largest absolute Gasteiger partial charge is 0.507 e. The molecule has 0 saturated carbocycles. The van der Waals surface area contributed by atoms with Crippen LogP contribution in [0.25, 0.3) is 0 Å². The number of aromatic hydroxyl groups is 2. The highest BCUT2D eigenvalue weighted by molar-refractivity contribution is 14.1. The Morgan fingerprint density at radius 1 is 0.905 bits per heavy atom. The Labute approximate surface area is 136 Å². The number of carbonyl (C=O) groups is 2. The van der Waals surface area contributed by atoms with Gasteiger partial charge in [0.15, 0.2) is 12.6 Å². The molecule has 0 fully saturated rings. The molecule has 4 nitrogen and oxygen atoms in total. The second-order valence-electron chi connectivity index (χ2n) is 4.41. The molecular formula is C16H15IO4. The molecule has 2 aromatic carbocycles. The topological polar surface area (TPSA) is 74.6 Å². The Morgan fingerprint density at radius 3 is 2.00 bits per heavy atom. The fraction of sp³-hybridized carbons (Fsp3) is 0.125. The summed E-state index contributed by atoms with van der Waals surface area (Å²) in [5.74, 6) is 0.165. The number of hydrogen-bond acceptors (Lipinski definition) is 4. The zero-order chi connectivity index (χ0) is 16.0. The van der Waals surface area contributed by atoms with Gasteiger partial charge in [-0.05, 0) is 65.8 Å². The van der Waals surface area contributed by atoms with Crippen LogP contribution in [0.3, 0.4) is 0 Å². The first-order valence-electron chi connectivity index (χ1n) is 6.08. The molecule has 0 unspecified atom stereocenters. The molecule has 2 rings (SSSR count). The van der Waals surface area contributed by atoms with Gasteiger partial charge in [-0.2, -0.15) is 0 Å². The van der Waals surface area contributed by atoms with Gasteiger partial charge in [-0.3, -0.25) is 9.59 Å². The summed E-state index contributed by atoms with van der Waals surface area (Å²) >= 11 is 2.10. The SMILES string of the molecule is Cc1cc(I)cc(C=O)c1O.Cc1cccc(C=O)c1O. The van der Waals surface area contributed by atoms with E-state index in [1.807, 2.05) is 6.07 Å². The van der Waals surface area contributed by atoms with Crippen LogP contribution in [0.5, 0.6) is 11.5 Å². The molecule has 0 saturated heterocycles. The second-order valence-corrected chi connectivity index (χ2v) is 5.65. The lowest BCUT2D eigenvalue weighted by atomic mass is 10.1. The van der Waals surface area contributed by atoms with E-state index in [4.69, 9.17) is 5.11 Å². The number of rotatable bonds is 2. The quantitative estimate of drug-likeness (QED) is 0.599. The minimum atomic E-state index is 0.0810. The van der Waals surface area contributed by atoms with Gasteiger partial charge < -0.3 is 10.2 Å². The summed E-state index contributed by atoms with van der Waals surface area (Å²) in [6.07, 6.45) is 1.30. The number of hydrogen-bond donors (Lipinski definition) is 2. The molecule has 110 valence electrons. The van der Waals surface area contributed by atoms with E-state index in [2.05, 4.69) is 22.6 Å². The van der Waals surface area contributed by atoms with Crippen molar-refractivity contribution >= 4 is 35.2 Å². The molecule has 0 aliphatic carbocycles. The van der Waals surface area contributed by atoms with Crippen LogP contribution in [0.2, 0.25) is 0 Å². The number of para-hydroxylation sites is 1. The molecule has 0 aliphatic heterocycles. The van der Waals surface area contributed by atoms with E-state index in [-0.39, 0.29) is 11.5 Å². The van der Waals surface area contributed by atoms with Crippen molar-refractivity contribution in [1.29, 1.82) is 0 Å². The minimum absolute atomic E-state index is 0.0810. The van der Waals surface area contributed by atoms with Crippen molar-refractivity contribution in [1.82, 2.24) is 0 Å². The Bertz CT molecular complexity index is 666. The van der Waals surface area contributed by atoms with Crippen LogP contribution in [0.15, 0.2) is 30.3 Å². The summed E-state index contributed by atoms with van der Waals surface area (Å²) in [5, 5.41) is 18.5. The fourth-order valence-corrected chi connectivity index (χ4v) is 2.43. The first-order valence-corrected chi connectivity index (χ1v) is 7.16. The van der Waals surface area contributed by atoms with Crippen LogP contribution in [0.4, 0.5) is 0 Å². The summed E-state index contributed by atoms with van der Waals surface area (Å²) in [4.78, 5) is 20.6. The zero-order valence-electron chi connectivity index (χ0n) is 11.6. The average Bonchev–Trinajstić information content (AvgIpc) is 2.46. The molecule has 0 aliphatic rings. The Hall–Kier alpha value is -1.89. The molecule has 2 aromatic rings. The van der Waals surface area contributed by atoms with Crippen LogP contribution >= 0.6 is 22.6 Å². The molecule has 0 bridgehead atoms. The molecule has 0 amide bonds. The van der Waals surface area contributed by atoms with Crippen LogP contribution in [0.1, 0.15) is 31.8 Å². The van der Waals surface area contributed by atoms with Gasteiger partial charge in [-0.25, -0.2) is 0 Å². The summed E-state index contributed by atoms with van der Waals surface area (Å²) in [7, 11) is 0. The van der Waals surface area contributed by atoms with Crippen molar-refractivity contribution < 1.29 is 19.8 Å². The highest BCUT2D eigenvalue weighted by Crippen LogP contribution is 2.23. The lowest BCUT2D eigenvalue weighted by Crippen LogP contribution is -1.86. The van der Waals surface area contributed by atoms with Gasteiger partial charge >= 0.3 is 0 Å². The number of carbonyl (C=O) groups excluding carboxylic acids is 2. The van der Waals surface area contributed by atoms with Crippen molar-refractivity contribution in [3.63, 3.8) is 0 Å². The van der Waals surface area contributed by atoms with E-state index in [9.17, 15) is 14.7 Å². The fourth-order valence-electron chi connectivity index (χ4n) is 1.63. The van der Waals surface area contributed by atoms with Crippen molar-refractivity contribution in [3.8, 4) is 11.5 Å². The molecule has 0 spiro atoms. The molecule has 21 heavy (non-hydrogen) atoms. The van der Waals surface area contributed by atoms with Gasteiger partial charge in [0, 0.05) is 3.57 Å². The van der Waals surface area contributed by atoms with Crippen LogP contribution < -0.4 is 0 Å². The maximum atomic E-state index is 10.4. The predicted octanol–water partition coefficient (Wildman–Crippen LogP) is 3.63. The van der Waals surface area contributed by atoms with E-state index >= 15 is 0 Å². The Morgan fingerprint density at radius 2 is 1.48 bits per heavy atom. The maximum absolute atomic E-state index is 10.4. The number of aryl methyl sites for hydroxylation is 2. The average molecular weight is 398 g/mol. The molecular weight excluding hydrogens is 383 g/mol. The molecule has 5 heteroatoms. The third-order valence-electron chi connectivity index (χ3n) is 2.82. The van der Waals surface area contributed by atoms with Crippen molar-refractivity contribution in [2.24, 2.45) is 0 Å². The predicted molar refractivity (Wildman–Crippen MR) is 89.2 cm³/mol. The summed E-state index contributed by atoms with van der Waals surface area (Å²) < 4.78 is 0.958. The summed E-state index contributed by atoms with van der Waals surface area (Å²) in [6.45, 7) is 3.52. The van der Waals surface area contributed by atoms with E-state index in [1.54, 1.807) is 38.1 Å². The zero-order valence-corrected chi connectivity index (χ0v) is 13.8. The van der Waals surface area contributed by atoms with E-state index in [1.165, 1.54) is 0 Å². The van der Waals surface area contributed by atoms with Crippen molar-refractivity contribution in [2.45, 2.75) is 13.8 Å². The van der Waals surface area contributed by atoms with Crippen LogP contribution in [-0.4, -0.2) is 22.8 Å². The number of aldehydes is 2. The second kappa shape index (κ2) is 7.78. The summed E-state index contributed by atoms with van der Waals surface area (Å²) in [5.41, 5.74) is 2.16. The van der Waals surface area contributed by atoms with E-state index < -0.39 is 0 Å². The maximum Gasteiger partial charge on any atom is 0.153 e. The number of phenolic OH excluding ortho intramolecular Hbond substituents is 2. The lowest BCUT2D eigenvalue weighted by molar-refractivity contribution is 0.111. The third kappa shape index (κ3) is 4.56.